The molecule has 0 aliphatic carbocycles. The molecule has 17 heavy (non-hydrogen) atoms. The smallest absolute Gasteiger partial charge is 0.323 e. The standard InChI is InChI=1S/C12H23NO4/c1-12(13-2,11(14)15)6-8-16-9-10-5-3-4-7-17-10/h10,13H,3-9H2,1-2H3,(H,14,15). The molecule has 0 aromatic carbocycles. The van der Waals surface area contributed by atoms with Crippen LogP contribution in [0.25, 0.3) is 0 Å². The minimum absolute atomic E-state index is 0.189. The van der Waals surface area contributed by atoms with Crippen molar-refractivity contribution in [3.8, 4) is 0 Å². The molecule has 1 heterocycles. The molecular formula is C12H23NO4. The number of likely N-dealkylation sites (N-methyl/N-ethyl adjacent to an activating group) is 1. The van der Waals surface area contributed by atoms with Crippen LogP contribution in [0.2, 0.25) is 0 Å². The summed E-state index contributed by atoms with van der Waals surface area (Å²) in [5, 5.41) is 11.8. The lowest BCUT2D eigenvalue weighted by atomic mass is 9.99. The van der Waals surface area contributed by atoms with Crippen LogP contribution in [0.3, 0.4) is 0 Å². The number of nitrogens with one attached hydrogen (secondary N) is 1. The van der Waals surface area contributed by atoms with Crippen LogP contribution in [0.5, 0.6) is 0 Å². The molecule has 0 radical (unpaired) electrons. The monoisotopic (exact) mass is 245 g/mol. The Morgan fingerprint density at radius 1 is 1.59 bits per heavy atom. The predicted molar refractivity (Wildman–Crippen MR) is 64.1 cm³/mol. The third kappa shape index (κ3) is 4.61. The molecule has 0 aromatic rings. The van der Waals surface area contributed by atoms with Crippen LogP contribution < -0.4 is 5.32 Å². The van der Waals surface area contributed by atoms with Crippen molar-refractivity contribution in [2.24, 2.45) is 0 Å². The van der Waals surface area contributed by atoms with Gasteiger partial charge in [0.05, 0.1) is 12.7 Å². The molecule has 1 aliphatic heterocycles. The van der Waals surface area contributed by atoms with E-state index in [9.17, 15) is 4.79 Å². The van der Waals surface area contributed by atoms with Crippen molar-refractivity contribution in [1.29, 1.82) is 0 Å². The highest BCUT2D eigenvalue weighted by Crippen LogP contribution is 2.14. The lowest BCUT2D eigenvalue weighted by Crippen LogP contribution is -2.48. The molecule has 0 saturated carbocycles. The minimum Gasteiger partial charge on any atom is -0.480 e. The van der Waals surface area contributed by atoms with Crippen LogP contribution in [0.4, 0.5) is 0 Å². The maximum absolute atomic E-state index is 11.0. The van der Waals surface area contributed by atoms with Crippen LogP contribution in [0.15, 0.2) is 0 Å². The molecule has 1 saturated heterocycles. The zero-order valence-corrected chi connectivity index (χ0v) is 10.7. The zero-order valence-electron chi connectivity index (χ0n) is 10.7. The Morgan fingerprint density at radius 3 is 2.88 bits per heavy atom. The van der Waals surface area contributed by atoms with Crippen molar-refractivity contribution >= 4 is 5.97 Å². The Kier molecular flexibility index (Phi) is 5.88. The van der Waals surface area contributed by atoms with E-state index < -0.39 is 11.5 Å². The lowest BCUT2D eigenvalue weighted by Gasteiger charge is -2.25. The van der Waals surface area contributed by atoms with Crippen LogP contribution in [-0.2, 0) is 14.3 Å². The molecule has 2 atom stereocenters. The molecule has 5 heteroatoms. The van der Waals surface area contributed by atoms with Crippen molar-refractivity contribution in [3.05, 3.63) is 0 Å². The summed E-state index contributed by atoms with van der Waals surface area (Å²) in [6, 6.07) is 0. The number of aliphatic carboxylic acids is 1. The number of carbonyl (C=O) groups is 1. The number of hydrogen-bond donors (Lipinski definition) is 2. The third-order valence-electron chi connectivity index (χ3n) is 3.35. The normalized spacial score (nSPS) is 24.2. The van der Waals surface area contributed by atoms with Gasteiger partial charge in [0, 0.05) is 13.2 Å². The van der Waals surface area contributed by atoms with Gasteiger partial charge in [-0.05, 0) is 39.7 Å². The second kappa shape index (κ2) is 6.93. The Balaban J connectivity index is 2.16. The van der Waals surface area contributed by atoms with E-state index in [2.05, 4.69) is 5.32 Å². The van der Waals surface area contributed by atoms with E-state index in [0.29, 0.717) is 19.6 Å². The van der Waals surface area contributed by atoms with Gasteiger partial charge < -0.3 is 19.9 Å². The Bertz CT molecular complexity index is 241. The fraction of sp³-hybridized carbons (Fsp3) is 0.917. The first kappa shape index (κ1) is 14.4. The molecular weight excluding hydrogens is 222 g/mol. The van der Waals surface area contributed by atoms with Crippen LogP contribution in [0, 0.1) is 0 Å². The van der Waals surface area contributed by atoms with Gasteiger partial charge in [0.15, 0.2) is 0 Å². The summed E-state index contributed by atoms with van der Waals surface area (Å²) in [4.78, 5) is 11.0. The summed E-state index contributed by atoms with van der Waals surface area (Å²) in [6.07, 6.45) is 4.01. The quantitative estimate of drug-likeness (QED) is 0.656. The maximum atomic E-state index is 11.0. The van der Waals surface area contributed by atoms with Gasteiger partial charge in [-0.1, -0.05) is 0 Å². The fourth-order valence-electron chi connectivity index (χ4n) is 1.77. The molecule has 5 nitrogen and oxygen atoms in total. The SMILES string of the molecule is CNC(C)(CCOCC1CCCCO1)C(=O)O. The number of rotatable bonds is 7. The average Bonchev–Trinajstić information content (AvgIpc) is 2.35. The summed E-state index contributed by atoms with van der Waals surface area (Å²) in [7, 11) is 1.65. The summed E-state index contributed by atoms with van der Waals surface area (Å²) in [6.45, 7) is 3.48. The molecule has 0 aromatic heterocycles. The first-order valence-corrected chi connectivity index (χ1v) is 6.20. The number of carboxylic acids is 1. The van der Waals surface area contributed by atoms with Crippen molar-refractivity contribution in [3.63, 3.8) is 0 Å². The number of carboxylic acid groups (broad SMARTS) is 1. The van der Waals surface area contributed by atoms with Gasteiger partial charge in [0.25, 0.3) is 0 Å². The highest BCUT2D eigenvalue weighted by molar-refractivity contribution is 5.78. The van der Waals surface area contributed by atoms with E-state index in [1.807, 2.05) is 0 Å². The second-order valence-electron chi connectivity index (χ2n) is 4.70. The van der Waals surface area contributed by atoms with Gasteiger partial charge in [0.1, 0.15) is 5.54 Å². The number of ether oxygens (including phenoxy) is 2. The van der Waals surface area contributed by atoms with Crippen molar-refractivity contribution in [1.82, 2.24) is 5.32 Å². The largest absolute Gasteiger partial charge is 0.480 e. The molecule has 2 N–H and O–H groups in total. The van der Waals surface area contributed by atoms with E-state index >= 15 is 0 Å². The summed E-state index contributed by atoms with van der Waals surface area (Å²) in [5.74, 6) is -0.850. The summed E-state index contributed by atoms with van der Waals surface area (Å²) >= 11 is 0. The third-order valence-corrected chi connectivity index (χ3v) is 3.35. The molecule has 0 spiro atoms. The van der Waals surface area contributed by atoms with Gasteiger partial charge >= 0.3 is 5.97 Å². The van der Waals surface area contributed by atoms with Crippen LogP contribution in [0.1, 0.15) is 32.6 Å². The van der Waals surface area contributed by atoms with E-state index in [1.54, 1.807) is 14.0 Å². The highest BCUT2D eigenvalue weighted by atomic mass is 16.5. The Labute approximate surface area is 102 Å². The van der Waals surface area contributed by atoms with E-state index in [0.717, 1.165) is 19.4 Å². The molecule has 0 amide bonds. The Morgan fingerprint density at radius 2 is 2.35 bits per heavy atom. The molecule has 0 bridgehead atoms. The molecule has 1 aliphatic rings. The summed E-state index contributed by atoms with van der Waals surface area (Å²) in [5.41, 5.74) is -0.909. The van der Waals surface area contributed by atoms with Crippen molar-refractivity contribution in [2.45, 2.75) is 44.2 Å². The minimum atomic E-state index is -0.909. The average molecular weight is 245 g/mol. The first-order chi connectivity index (χ1) is 8.08. The summed E-state index contributed by atoms with van der Waals surface area (Å²) < 4.78 is 11.0. The van der Waals surface area contributed by atoms with Crippen molar-refractivity contribution < 1.29 is 19.4 Å². The number of hydrogen-bond acceptors (Lipinski definition) is 4. The van der Waals surface area contributed by atoms with E-state index in [1.165, 1.54) is 6.42 Å². The fourth-order valence-corrected chi connectivity index (χ4v) is 1.77. The van der Waals surface area contributed by atoms with E-state index in [-0.39, 0.29) is 6.10 Å². The van der Waals surface area contributed by atoms with Crippen LogP contribution >= 0.6 is 0 Å². The Hall–Kier alpha value is -0.650. The zero-order chi connectivity index (χ0) is 12.7. The van der Waals surface area contributed by atoms with Gasteiger partial charge in [-0.15, -0.1) is 0 Å². The maximum Gasteiger partial charge on any atom is 0.323 e. The first-order valence-electron chi connectivity index (χ1n) is 6.20. The molecule has 1 fully saturated rings. The van der Waals surface area contributed by atoms with Crippen molar-refractivity contribution in [2.75, 3.05) is 26.9 Å². The van der Waals surface area contributed by atoms with Gasteiger partial charge in [-0.2, -0.15) is 0 Å². The molecule has 1 rings (SSSR count). The lowest BCUT2D eigenvalue weighted by molar-refractivity contribution is -0.145. The second-order valence-corrected chi connectivity index (χ2v) is 4.70. The van der Waals surface area contributed by atoms with Crippen LogP contribution in [-0.4, -0.2) is 49.6 Å². The van der Waals surface area contributed by atoms with E-state index in [4.69, 9.17) is 14.6 Å². The van der Waals surface area contributed by atoms with Gasteiger partial charge in [0.2, 0.25) is 0 Å². The highest BCUT2D eigenvalue weighted by Gasteiger charge is 2.30. The van der Waals surface area contributed by atoms with Gasteiger partial charge in [-0.3, -0.25) is 4.79 Å². The topological polar surface area (TPSA) is 67.8 Å². The van der Waals surface area contributed by atoms with Gasteiger partial charge in [-0.25, -0.2) is 0 Å². The molecule has 2 unspecified atom stereocenters. The predicted octanol–water partition coefficient (Wildman–Crippen LogP) is 1.02. The molecule has 100 valence electrons.